The number of hydrogen-bond acceptors (Lipinski definition) is 2. The number of halogens is 2. The highest BCUT2D eigenvalue weighted by molar-refractivity contribution is 6.42. The number of rotatable bonds is 2. The first-order valence-corrected chi connectivity index (χ1v) is 7.80. The van der Waals surface area contributed by atoms with Gasteiger partial charge in [-0.1, -0.05) is 47.5 Å². The predicted molar refractivity (Wildman–Crippen MR) is 93.6 cm³/mol. The largest absolute Gasteiger partial charge is 0.456 e. The van der Waals surface area contributed by atoms with E-state index in [1.807, 2.05) is 30.3 Å². The Morgan fingerprint density at radius 2 is 1.43 bits per heavy atom. The van der Waals surface area contributed by atoms with Gasteiger partial charge in [-0.2, -0.15) is 0 Å². The van der Waals surface area contributed by atoms with Gasteiger partial charge in [-0.05, 0) is 36.4 Å². The van der Waals surface area contributed by atoms with Crippen molar-refractivity contribution < 1.29 is 9.21 Å². The van der Waals surface area contributed by atoms with Gasteiger partial charge >= 0.3 is 0 Å². The van der Waals surface area contributed by atoms with Gasteiger partial charge in [0.15, 0.2) is 5.78 Å². The van der Waals surface area contributed by atoms with E-state index in [1.165, 1.54) is 0 Å². The van der Waals surface area contributed by atoms with Crippen molar-refractivity contribution in [3.63, 3.8) is 0 Å². The summed E-state index contributed by atoms with van der Waals surface area (Å²) in [6.45, 7) is 0. The summed E-state index contributed by atoms with van der Waals surface area (Å²) >= 11 is 11.9. The Bertz CT molecular complexity index is 1060. The van der Waals surface area contributed by atoms with E-state index in [1.54, 1.807) is 30.3 Å². The fourth-order valence-corrected chi connectivity index (χ4v) is 2.97. The van der Waals surface area contributed by atoms with Gasteiger partial charge in [0.25, 0.3) is 0 Å². The third-order valence-corrected chi connectivity index (χ3v) is 4.56. The lowest BCUT2D eigenvalue weighted by Crippen LogP contribution is -2.00. The van der Waals surface area contributed by atoms with Crippen LogP contribution in [-0.2, 0) is 0 Å². The van der Waals surface area contributed by atoms with Crippen molar-refractivity contribution in [2.24, 2.45) is 0 Å². The maximum atomic E-state index is 12.6. The van der Waals surface area contributed by atoms with Crippen LogP contribution in [0.15, 0.2) is 65.1 Å². The number of benzene rings is 3. The monoisotopic (exact) mass is 340 g/mol. The van der Waals surface area contributed by atoms with Gasteiger partial charge < -0.3 is 4.42 Å². The highest BCUT2D eigenvalue weighted by Gasteiger charge is 2.14. The second-order valence-corrected chi connectivity index (χ2v) is 6.08. The molecule has 0 aliphatic carbocycles. The number of ketones is 1. The molecule has 4 rings (SSSR count). The van der Waals surface area contributed by atoms with Crippen LogP contribution in [0.4, 0.5) is 0 Å². The van der Waals surface area contributed by atoms with Crippen LogP contribution >= 0.6 is 23.2 Å². The highest BCUT2D eigenvalue weighted by atomic mass is 35.5. The van der Waals surface area contributed by atoms with Gasteiger partial charge in [0.2, 0.25) is 0 Å². The summed E-state index contributed by atoms with van der Waals surface area (Å²) in [5.74, 6) is -0.120. The average Bonchev–Trinajstić information content (AvgIpc) is 2.94. The van der Waals surface area contributed by atoms with Crippen LogP contribution in [0.2, 0.25) is 10.0 Å². The molecule has 23 heavy (non-hydrogen) atoms. The molecule has 1 heterocycles. The van der Waals surface area contributed by atoms with Crippen molar-refractivity contribution in [2.45, 2.75) is 0 Å². The van der Waals surface area contributed by atoms with E-state index >= 15 is 0 Å². The molecule has 0 bridgehead atoms. The molecule has 0 unspecified atom stereocenters. The number of carbonyl (C=O) groups excluding carboxylic acids is 1. The van der Waals surface area contributed by atoms with Crippen LogP contribution in [0.5, 0.6) is 0 Å². The van der Waals surface area contributed by atoms with E-state index in [-0.39, 0.29) is 5.78 Å². The van der Waals surface area contributed by atoms with Gasteiger partial charge in [-0.25, -0.2) is 0 Å². The minimum absolute atomic E-state index is 0.120. The van der Waals surface area contributed by atoms with Crippen LogP contribution in [-0.4, -0.2) is 5.78 Å². The quantitative estimate of drug-likeness (QED) is 0.411. The fourth-order valence-electron chi connectivity index (χ4n) is 2.67. The van der Waals surface area contributed by atoms with Gasteiger partial charge in [0.05, 0.1) is 10.0 Å². The summed E-state index contributed by atoms with van der Waals surface area (Å²) in [6.07, 6.45) is 0. The maximum absolute atomic E-state index is 12.6. The first kappa shape index (κ1) is 14.3. The Labute approximate surface area is 142 Å². The second-order valence-electron chi connectivity index (χ2n) is 5.27. The summed E-state index contributed by atoms with van der Waals surface area (Å²) in [5, 5.41) is 2.82. The van der Waals surface area contributed by atoms with Crippen LogP contribution < -0.4 is 0 Å². The van der Waals surface area contributed by atoms with Gasteiger partial charge in [-0.3, -0.25) is 4.79 Å². The molecule has 0 saturated carbocycles. The fraction of sp³-hybridized carbons (Fsp3) is 0. The van der Waals surface area contributed by atoms with E-state index in [2.05, 4.69) is 0 Å². The van der Waals surface area contributed by atoms with Gasteiger partial charge in [0, 0.05) is 21.9 Å². The molecule has 0 radical (unpaired) electrons. The van der Waals surface area contributed by atoms with E-state index < -0.39 is 0 Å². The van der Waals surface area contributed by atoms with E-state index in [0.717, 1.165) is 16.4 Å². The molecular weight excluding hydrogens is 331 g/mol. The molecule has 0 aliphatic rings. The second kappa shape index (κ2) is 5.41. The maximum Gasteiger partial charge on any atom is 0.193 e. The molecule has 2 nitrogen and oxygen atoms in total. The minimum atomic E-state index is -0.120. The smallest absolute Gasteiger partial charge is 0.193 e. The number of carbonyl (C=O) groups is 1. The summed E-state index contributed by atoms with van der Waals surface area (Å²) in [5.41, 5.74) is 2.54. The lowest BCUT2D eigenvalue weighted by molar-refractivity contribution is 0.103. The topological polar surface area (TPSA) is 30.2 Å². The molecule has 0 N–H and O–H groups in total. The Morgan fingerprint density at radius 1 is 0.739 bits per heavy atom. The molecular formula is C19H10Cl2O2. The Kier molecular flexibility index (Phi) is 3.37. The van der Waals surface area contributed by atoms with E-state index in [0.29, 0.717) is 26.8 Å². The van der Waals surface area contributed by atoms with Crippen molar-refractivity contribution in [1.29, 1.82) is 0 Å². The third kappa shape index (κ3) is 2.40. The van der Waals surface area contributed by atoms with Crippen molar-refractivity contribution in [3.05, 3.63) is 81.8 Å². The molecule has 0 spiro atoms. The summed E-state index contributed by atoms with van der Waals surface area (Å²) in [7, 11) is 0. The molecule has 0 aliphatic heterocycles. The lowest BCUT2D eigenvalue weighted by Gasteiger charge is -2.03. The molecule has 112 valence electrons. The van der Waals surface area contributed by atoms with Crippen LogP contribution in [0, 0.1) is 0 Å². The van der Waals surface area contributed by atoms with Crippen molar-refractivity contribution in [3.8, 4) is 0 Å². The molecule has 1 aromatic heterocycles. The van der Waals surface area contributed by atoms with E-state index in [4.69, 9.17) is 27.6 Å². The van der Waals surface area contributed by atoms with Crippen molar-refractivity contribution >= 4 is 50.9 Å². The molecule has 0 atom stereocenters. The average molecular weight is 341 g/mol. The first-order chi connectivity index (χ1) is 11.1. The van der Waals surface area contributed by atoms with Crippen LogP contribution in [0.1, 0.15) is 15.9 Å². The summed E-state index contributed by atoms with van der Waals surface area (Å²) in [6, 6.07) is 18.1. The highest BCUT2D eigenvalue weighted by Crippen LogP contribution is 2.30. The number of para-hydroxylation sites is 1. The Balaban J connectivity index is 1.83. The molecule has 0 saturated heterocycles. The zero-order chi connectivity index (χ0) is 16.0. The summed E-state index contributed by atoms with van der Waals surface area (Å²) in [4.78, 5) is 12.6. The minimum Gasteiger partial charge on any atom is -0.456 e. The third-order valence-electron chi connectivity index (χ3n) is 3.82. The zero-order valence-corrected chi connectivity index (χ0v) is 13.4. The van der Waals surface area contributed by atoms with Crippen LogP contribution in [0.3, 0.4) is 0 Å². The molecule has 0 amide bonds. The zero-order valence-electron chi connectivity index (χ0n) is 11.8. The summed E-state index contributed by atoms with van der Waals surface area (Å²) < 4.78 is 5.82. The first-order valence-electron chi connectivity index (χ1n) is 7.04. The Morgan fingerprint density at radius 3 is 2.26 bits per heavy atom. The van der Waals surface area contributed by atoms with Gasteiger partial charge in [0.1, 0.15) is 11.2 Å². The number of furan rings is 1. The molecule has 3 aromatic carbocycles. The molecule has 4 heteroatoms. The lowest BCUT2D eigenvalue weighted by atomic mass is 10.0. The molecule has 4 aromatic rings. The molecule has 0 fully saturated rings. The normalized spacial score (nSPS) is 11.2. The number of hydrogen-bond donors (Lipinski definition) is 0. The Hall–Kier alpha value is -2.29. The van der Waals surface area contributed by atoms with Gasteiger partial charge in [-0.15, -0.1) is 0 Å². The standard InChI is InChI=1S/C19H10Cl2O2/c20-15-8-6-11(9-16(15)21)19(22)12-5-7-14-13-3-1-2-4-17(13)23-18(14)10-12/h1-10H. The van der Waals surface area contributed by atoms with Crippen molar-refractivity contribution in [1.82, 2.24) is 0 Å². The number of fused-ring (bicyclic) bond motifs is 3. The predicted octanol–water partition coefficient (Wildman–Crippen LogP) is 6.12. The van der Waals surface area contributed by atoms with E-state index in [9.17, 15) is 4.79 Å². The van der Waals surface area contributed by atoms with Crippen LogP contribution in [0.25, 0.3) is 21.9 Å². The van der Waals surface area contributed by atoms with Crippen molar-refractivity contribution in [2.75, 3.05) is 0 Å². The SMILES string of the molecule is O=C(c1ccc(Cl)c(Cl)c1)c1ccc2c(c1)oc1ccccc12.